The predicted molar refractivity (Wildman–Crippen MR) is 159 cm³/mol. The van der Waals surface area contributed by atoms with Crippen LogP contribution < -0.4 is 9.64 Å². The molecule has 5 heterocycles. The molecule has 0 atom stereocenters. The highest BCUT2D eigenvalue weighted by Crippen LogP contribution is 2.51. The molecular formula is C32H37ClFN5O3. The molecule has 0 radical (unpaired) electrons. The molecule has 2 aliphatic carbocycles. The highest BCUT2D eigenvalue weighted by Gasteiger charge is 2.47. The maximum Gasteiger partial charge on any atom is 0.319 e. The monoisotopic (exact) mass is 593 g/mol. The van der Waals surface area contributed by atoms with Crippen molar-refractivity contribution in [3.63, 3.8) is 0 Å². The largest absolute Gasteiger partial charge is 0.508 e. The fourth-order valence-corrected chi connectivity index (χ4v) is 8.79. The van der Waals surface area contributed by atoms with Gasteiger partial charge < -0.3 is 19.8 Å². The standard InChI is InChI=1S/C32H37ClFN5O3/c33-24-13-20(40)12-22(25(24)19-4-5-19)27-26(34)28-23(16-35-27)29(38-9-1-6-31(17-38)14-21(41)15-31)37-30(36-28)42-18-32-7-2-10-39(32)11-3-8-32/h12-13,16,19,21,40-41H,1-11,14-15,17-18H2. The minimum Gasteiger partial charge on any atom is -0.508 e. The van der Waals surface area contributed by atoms with Gasteiger partial charge in [-0.1, -0.05) is 11.6 Å². The molecule has 8 nitrogen and oxygen atoms in total. The van der Waals surface area contributed by atoms with E-state index in [0.717, 1.165) is 96.0 Å². The SMILES string of the molecule is Oc1cc(Cl)c(C2CC2)c(-c2ncc3c(N4CCCC5(CC(O)C5)C4)nc(OCC45CCCN4CCC5)nc3c2F)c1. The lowest BCUT2D eigenvalue weighted by Gasteiger charge is -2.51. The number of aromatic nitrogens is 3. The molecule has 42 heavy (non-hydrogen) atoms. The molecule has 0 bridgehead atoms. The Bertz CT molecular complexity index is 1540. The number of ether oxygens (including phenoxy) is 1. The van der Waals surface area contributed by atoms with Gasteiger partial charge in [-0.2, -0.15) is 9.97 Å². The molecule has 10 heteroatoms. The summed E-state index contributed by atoms with van der Waals surface area (Å²) in [6, 6.07) is 3.26. The van der Waals surface area contributed by atoms with Gasteiger partial charge in [-0.15, -0.1) is 0 Å². The van der Waals surface area contributed by atoms with E-state index in [9.17, 15) is 10.2 Å². The summed E-state index contributed by atoms with van der Waals surface area (Å²) in [5.74, 6) is 0.285. The van der Waals surface area contributed by atoms with Crippen LogP contribution in [0.3, 0.4) is 0 Å². The highest BCUT2D eigenvalue weighted by molar-refractivity contribution is 6.32. The Balaban J connectivity index is 1.23. The van der Waals surface area contributed by atoms with Crippen molar-refractivity contribution in [3.05, 3.63) is 34.7 Å². The van der Waals surface area contributed by atoms with Gasteiger partial charge in [-0.3, -0.25) is 9.88 Å². The first-order valence-electron chi connectivity index (χ1n) is 15.5. The quantitative estimate of drug-likeness (QED) is 0.369. The molecule has 5 aliphatic rings. The van der Waals surface area contributed by atoms with Crippen molar-refractivity contribution in [1.29, 1.82) is 0 Å². The van der Waals surface area contributed by atoms with E-state index in [2.05, 4.69) is 19.8 Å². The third kappa shape index (κ3) is 4.42. The zero-order valence-corrected chi connectivity index (χ0v) is 24.5. The summed E-state index contributed by atoms with van der Waals surface area (Å²) in [5, 5.41) is 21.5. The minimum atomic E-state index is -0.558. The van der Waals surface area contributed by atoms with Crippen molar-refractivity contribution in [1.82, 2.24) is 19.9 Å². The van der Waals surface area contributed by atoms with Crippen LogP contribution in [-0.2, 0) is 0 Å². The van der Waals surface area contributed by atoms with E-state index in [1.165, 1.54) is 6.07 Å². The molecule has 8 rings (SSSR count). The molecule has 5 fully saturated rings. The zero-order chi connectivity index (χ0) is 28.6. The number of hydrogen-bond acceptors (Lipinski definition) is 8. The molecule has 3 aliphatic heterocycles. The number of aliphatic hydroxyl groups excluding tert-OH is 1. The highest BCUT2D eigenvalue weighted by atomic mass is 35.5. The van der Waals surface area contributed by atoms with Gasteiger partial charge in [0.1, 0.15) is 29.4 Å². The summed E-state index contributed by atoms with van der Waals surface area (Å²) < 4.78 is 23.0. The average molecular weight is 594 g/mol. The molecular weight excluding hydrogens is 557 g/mol. The number of fused-ring (bicyclic) bond motifs is 2. The van der Waals surface area contributed by atoms with Crippen LogP contribution in [0.5, 0.6) is 11.8 Å². The summed E-state index contributed by atoms with van der Waals surface area (Å²) in [6.45, 7) is 4.22. The molecule has 3 saturated heterocycles. The number of nitrogens with zero attached hydrogens (tertiary/aromatic N) is 5. The van der Waals surface area contributed by atoms with Crippen LogP contribution in [0, 0.1) is 11.2 Å². The topological polar surface area (TPSA) is 94.8 Å². The number of halogens is 2. The van der Waals surface area contributed by atoms with E-state index >= 15 is 4.39 Å². The maximum atomic E-state index is 16.7. The van der Waals surface area contributed by atoms with Crippen LogP contribution >= 0.6 is 11.6 Å². The number of piperidine rings is 1. The fraction of sp³-hybridized carbons (Fsp3) is 0.594. The number of anilines is 1. The van der Waals surface area contributed by atoms with E-state index in [1.807, 2.05) is 0 Å². The second-order valence-corrected chi connectivity index (χ2v) is 13.9. The third-order valence-corrected chi connectivity index (χ3v) is 10.9. The van der Waals surface area contributed by atoms with E-state index in [4.69, 9.17) is 21.3 Å². The first-order valence-corrected chi connectivity index (χ1v) is 15.9. The lowest BCUT2D eigenvalue weighted by Crippen LogP contribution is -2.52. The van der Waals surface area contributed by atoms with Crippen LogP contribution in [0.2, 0.25) is 5.02 Å². The van der Waals surface area contributed by atoms with Crippen molar-refractivity contribution in [2.24, 2.45) is 5.41 Å². The normalized spacial score (nSPS) is 27.0. The van der Waals surface area contributed by atoms with Crippen molar-refractivity contribution in [2.75, 3.05) is 37.7 Å². The number of aliphatic hydroxyl groups is 1. The first-order chi connectivity index (χ1) is 20.3. The summed E-state index contributed by atoms with van der Waals surface area (Å²) in [6.07, 6.45) is 11.5. The van der Waals surface area contributed by atoms with Gasteiger partial charge in [0.2, 0.25) is 0 Å². The second kappa shape index (κ2) is 9.89. The van der Waals surface area contributed by atoms with Crippen LogP contribution in [0.1, 0.15) is 75.7 Å². The number of rotatable bonds is 6. The number of pyridine rings is 1. The Morgan fingerprint density at radius 1 is 1.05 bits per heavy atom. The van der Waals surface area contributed by atoms with E-state index < -0.39 is 5.82 Å². The summed E-state index contributed by atoms with van der Waals surface area (Å²) in [5.41, 5.74) is 1.71. The van der Waals surface area contributed by atoms with Gasteiger partial charge in [-0.25, -0.2) is 4.39 Å². The van der Waals surface area contributed by atoms with E-state index in [-0.39, 0.29) is 45.9 Å². The first kappa shape index (κ1) is 26.8. The molecule has 1 spiro atoms. The molecule has 2 saturated carbocycles. The maximum absolute atomic E-state index is 16.7. The van der Waals surface area contributed by atoms with Crippen LogP contribution in [0.15, 0.2) is 18.3 Å². The molecule has 2 N–H and O–H groups in total. The molecule has 1 aromatic carbocycles. The van der Waals surface area contributed by atoms with E-state index in [0.29, 0.717) is 28.4 Å². The second-order valence-electron chi connectivity index (χ2n) is 13.5. The number of benzene rings is 1. The van der Waals surface area contributed by atoms with Crippen LogP contribution in [0.25, 0.3) is 22.2 Å². The van der Waals surface area contributed by atoms with Crippen LogP contribution in [-0.4, -0.2) is 74.5 Å². The number of hydrogen-bond donors (Lipinski definition) is 2. The Morgan fingerprint density at radius 3 is 2.55 bits per heavy atom. The smallest absolute Gasteiger partial charge is 0.319 e. The summed E-state index contributed by atoms with van der Waals surface area (Å²) in [4.78, 5) is 18.9. The lowest BCUT2D eigenvalue weighted by molar-refractivity contribution is -0.0396. The summed E-state index contributed by atoms with van der Waals surface area (Å²) in [7, 11) is 0. The van der Waals surface area contributed by atoms with Crippen molar-refractivity contribution in [3.8, 4) is 23.0 Å². The van der Waals surface area contributed by atoms with Gasteiger partial charge in [0.25, 0.3) is 0 Å². The van der Waals surface area contributed by atoms with Gasteiger partial charge in [0.15, 0.2) is 5.82 Å². The minimum absolute atomic E-state index is 0.00909. The number of phenolic OH excluding ortho intramolecular Hbond substituents is 1. The number of phenols is 1. The van der Waals surface area contributed by atoms with Gasteiger partial charge in [0, 0.05) is 29.9 Å². The van der Waals surface area contributed by atoms with Crippen LogP contribution in [0.4, 0.5) is 10.2 Å². The van der Waals surface area contributed by atoms with Crippen molar-refractivity contribution < 1.29 is 19.3 Å². The Kier molecular flexibility index (Phi) is 6.32. The Hall–Kier alpha value is -2.75. The molecule has 0 amide bonds. The summed E-state index contributed by atoms with van der Waals surface area (Å²) >= 11 is 6.56. The Morgan fingerprint density at radius 2 is 1.81 bits per heavy atom. The zero-order valence-electron chi connectivity index (χ0n) is 23.8. The molecule has 2 aromatic heterocycles. The fourth-order valence-electron chi connectivity index (χ4n) is 8.42. The van der Waals surface area contributed by atoms with Gasteiger partial charge >= 0.3 is 6.01 Å². The lowest BCUT2D eigenvalue weighted by atomic mass is 9.62. The predicted octanol–water partition coefficient (Wildman–Crippen LogP) is 5.82. The molecule has 0 unspecified atom stereocenters. The third-order valence-electron chi connectivity index (χ3n) is 10.6. The Labute approximate surface area is 249 Å². The van der Waals surface area contributed by atoms with Gasteiger partial charge in [0.05, 0.1) is 17.0 Å². The van der Waals surface area contributed by atoms with Gasteiger partial charge in [-0.05, 0) is 106 Å². The van der Waals surface area contributed by atoms with Crippen molar-refractivity contribution in [2.45, 2.75) is 81.8 Å². The average Bonchev–Trinajstić information content (AvgIpc) is 3.58. The van der Waals surface area contributed by atoms with Crippen molar-refractivity contribution >= 4 is 28.3 Å². The molecule has 3 aromatic rings. The number of aromatic hydroxyl groups is 1. The van der Waals surface area contributed by atoms with E-state index in [1.54, 1.807) is 12.3 Å². The molecule has 222 valence electrons.